The summed E-state index contributed by atoms with van der Waals surface area (Å²) in [4.78, 5) is 35.4. The molecule has 1 aromatic heterocycles. The van der Waals surface area contributed by atoms with Crippen LogP contribution in [-0.2, 0) is 4.79 Å². The van der Waals surface area contributed by atoms with E-state index in [0.29, 0.717) is 22.3 Å². The van der Waals surface area contributed by atoms with Gasteiger partial charge in [-0.2, -0.15) is 0 Å². The van der Waals surface area contributed by atoms with Crippen LogP contribution in [0.1, 0.15) is 29.0 Å². The molecular formula is C19H16FN3O3. The number of hydrogen-bond acceptors (Lipinski definition) is 3. The number of hydrogen-bond donors (Lipinski definition) is 2. The quantitative estimate of drug-likeness (QED) is 0.754. The highest BCUT2D eigenvalue weighted by Gasteiger charge is 2.17. The molecule has 2 amide bonds. The van der Waals surface area contributed by atoms with Gasteiger partial charge in [-0.25, -0.2) is 4.39 Å². The molecule has 3 rings (SSSR count). The summed E-state index contributed by atoms with van der Waals surface area (Å²) in [6.07, 6.45) is 1.40. The minimum atomic E-state index is -0.493. The number of anilines is 2. The monoisotopic (exact) mass is 353 g/mol. The van der Waals surface area contributed by atoms with Gasteiger partial charge in [-0.15, -0.1) is 0 Å². The predicted molar refractivity (Wildman–Crippen MR) is 96.9 cm³/mol. The van der Waals surface area contributed by atoms with Crippen molar-refractivity contribution in [2.45, 2.75) is 13.8 Å². The fourth-order valence-electron chi connectivity index (χ4n) is 2.68. The predicted octanol–water partition coefficient (Wildman–Crippen LogP) is 3.65. The zero-order valence-corrected chi connectivity index (χ0v) is 14.2. The zero-order valence-electron chi connectivity index (χ0n) is 14.2. The van der Waals surface area contributed by atoms with E-state index in [9.17, 15) is 18.8 Å². The van der Waals surface area contributed by atoms with Crippen molar-refractivity contribution in [3.8, 4) is 0 Å². The van der Waals surface area contributed by atoms with Crippen molar-refractivity contribution in [1.29, 1.82) is 0 Å². The first-order valence-corrected chi connectivity index (χ1v) is 7.85. The van der Waals surface area contributed by atoms with E-state index in [-0.39, 0.29) is 17.4 Å². The maximum Gasteiger partial charge on any atom is 0.257 e. The fraction of sp³-hybridized carbons (Fsp3) is 0.105. The summed E-state index contributed by atoms with van der Waals surface area (Å²) < 4.78 is 14.9. The second kappa shape index (κ2) is 6.79. The Morgan fingerprint density at radius 1 is 0.923 bits per heavy atom. The molecule has 0 atom stereocenters. The third-order valence-electron chi connectivity index (χ3n) is 3.81. The minimum absolute atomic E-state index is 0.194. The number of amides is 2. The largest absolute Gasteiger partial charge is 0.326 e. The molecule has 0 unspecified atom stereocenters. The molecule has 26 heavy (non-hydrogen) atoms. The Bertz CT molecular complexity index is 1020. The third-order valence-corrected chi connectivity index (χ3v) is 3.81. The van der Waals surface area contributed by atoms with Gasteiger partial charge in [0.2, 0.25) is 11.8 Å². The maximum atomic E-state index is 13.6. The van der Waals surface area contributed by atoms with Crippen molar-refractivity contribution < 1.29 is 18.8 Å². The number of halogens is 1. The summed E-state index contributed by atoms with van der Waals surface area (Å²) in [6, 6.07) is 10.5. The highest BCUT2D eigenvalue weighted by molar-refractivity contribution is 6.14. The van der Waals surface area contributed by atoms with Gasteiger partial charge in [0.15, 0.2) is 0 Å². The summed E-state index contributed by atoms with van der Waals surface area (Å²) in [7, 11) is 0. The fourth-order valence-corrected chi connectivity index (χ4v) is 2.68. The smallest absolute Gasteiger partial charge is 0.257 e. The maximum absolute atomic E-state index is 13.6. The van der Waals surface area contributed by atoms with Crippen molar-refractivity contribution in [3.63, 3.8) is 0 Å². The lowest BCUT2D eigenvalue weighted by molar-refractivity contribution is -0.114. The van der Waals surface area contributed by atoms with Gasteiger partial charge in [-0.05, 0) is 42.5 Å². The lowest BCUT2D eigenvalue weighted by atomic mass is 10.1. The molecule has 0 fully saturated rings. The molecule has 2 N–H and O–H groups in total. The van der Waals surface area contributed by atoms with Gasteiger partial charge in [0, 0.05) is 36.8 Å². The van der Waals surface area contributed by atoms with E-state index in [1.165, 1.54) is 42.8 Å². The van der Waals surface area contributed by atoms with E-state index >= 15 is 0 Å². The molecule has 0 aliphatic heterocycles. The van der Waals surface area contributed by atoms with Crippen LogP contribution >= 0.6 is 0 Å². The van der Waals surface area contributed by atoms with Crippen LogP contribution in [-0.4, -0.2) is 22.3 Å². The Kier molecular flexibility index (Phi) is 4.53. The molecule has 3 aromatic rings. The molecular weight excluding hydrogens is 337 g/mol. The molecule has 132 valence electrons. The van der Waals surface area contributed by atoms with Crippen LogP contribution in [0.25, 0.3) is 10.9 Å². The van der Waals surface area contributed by atoms with E-state index in [0.717, 1.165) is 0 Å². The van der Waals surface area contributed by atoms with E-state index in [2.05, 4.69) is 10.6 Å². The molecule has 0 spiro atoms. The SMILES string of the molecule is CC(=O)Nc1ccc(NC(=O)c2cn(C(C)=O)c3ccc(F)cc23)cc1. The van der Waals surface area contributed by atoms with E-state index in [1.54, 1.807) is 24.3 Å². The number of nitrogens with zero attached hydrogens (tertiary/aromatic N) is 1. The van der Waals surface area contributed by atoms with Crippen LogP contribution in [0.3, 0.4) is 0 Å². The van der Waals surface area contributed by atoms with Crippen LogP contribution in [0, 0.1) is 5.82 Å². The molecule has 0 bridgehead atoms. The normalized spacial score (nSPS) is 10.6. The topological polar surface area (TPSA) is 80.2 Å². The van der Waals surface area contributed by atoms with Crippen molar-refractivity contribution in [3.05, 3.63) is 60.0 Å². The van der Waals surface area contributed by atoms with Crippen LogP contribution < -0.4 is 10.6 Å². The Morgan fingerprint density at radius 3 is 2.12 bits per heavy atom. The second-order valence-electron chi connectivity index (χ2n) is 5.81. The van der Waals surface area contributed by atoms with Crippen molar-refractivity contribution in [2.75, 3.05) is 10.6 Å². The molecule has 0 aliphatic rings. The van der Waals surface area contributed by atoms with Gasteiger partial charge in [0.05, 0.1) is 11.1 Å². The molecule has 2 aromatic carbocycles. The zero-order chi connectivity index (χ0) is 18.8. The number of carbonyl (C=O) groups is 3. The molecule has 0 aliphatic carbocycles. The average molecular weight is 353 g/mol. The van der Waals surface area contributed by atoms with Crippen LogP contribution in [0.4, 0.5) is 15.8 Å². The lowest BCUT2D eigenvalue weighted by Crippen LogP contribution is -2.12. The highest BCUT2D eigenvalue weighted by Crippen LogP contribution is 2.24. The first-order valence-electron chi connectivity index (χ1n) is 7.85. The first-order chi connectivity index (χ1) is 12.3. The van der Waals surface area contributed by atoms with Gasteiger partial charge in [0.1, 0.15) is 5.82 Å². The second-order valence-corrected chi connectivity index (χ2v) is 5.81. The van der Waals surface area contributed by atoms with Crippen LogP contribution in [0.2, 0.25) is 0 Å². The minimum Gasteiger partial charge on any atom is -0.326 e. The number of benzene rings is 2. The molecule has 1 heterocycles. The van der Waals surface area contributed by atoms with Crippen molar-refractivity contribution >= 4 is 40.0 Å². The van der Waals surface area contributed by atoms with E-state index < -0.39 is 11.7 Å². The summed E-state index contributed by atoms with van der Waals surface area (Å²) in [5.41, 5.74) is 1.76. The molecule has 0 radical (unpaired) electrons. The van der Waals surface area contributed by atoms with Gasteiger partial charge < -0.3 is 10.6 Å². The van der Waals surface area contributed by atoms with Crippen LogP contribution in [0.5, 0.6) is 0 Å². The first kappa shape index (κ1) is 17.3. The summed E-state index contributed by atoms with van der Waals surface area (Å²) in [5.74, 6) is -1.43. The Labute approximate surface area is 148 Å². The number of aromatic nitrogens is 1. The van der Waals surface area contributed by atoms with Gasteiger partial charge >= 0.3 is 0 Å². The summed E-state index contributed by atoms with van der Waals surface area (Å²) in [5, 5.41) is 5.69. The number of carbonyl (C=O) groups excluding carboxylic acids is 3. The van der Waals surface area contributed by atoms with E-state index in [4.69, 9.17) is 0 Å². The van der Waals surface area contributed by atoms with Gasteiger partial charge in [-0.1, -0.05) is 0 Å². The average Bonchev–Trinajstić information content (AvgIpc) is 2.95. The highest BCUT2D eigenvalue weighted by atomic mass is 19.1. The van der Waals surface area contributed by atoms with Crippen molar-refractivity contribution in [1.82, 2.24) is 4.57 Å². The standard InChI is InChI=1S/C19H16FN3O3/c1-11(24)21-14-4-6-15(7-5-14)22-19(26)17-10-23(12(2)25)18-8-3-13(20)9-16(17)18/h3-10H,1-2H3,(H,21,24)(H,22,26). The third kappa shape index (κ3) is 3.46. The molecule has 6 nitrogen and oxygen atoms in total. The number of nitrogens with one attached hydrogen (secondary N) is 2. The number of fused-ring (bicyclic) bond motifs is 1. The van der Waals surface area contributed by atoms with Crippen LogP contribution in [0.15, 0.2) is 48.7 Å². The Balaban J connectivity index is 1.91. The Morgan fingerprint density at radius 2 is 1.54 bits per heavy atom. The molecule has 7 heteroatoms. The molecule has 0 saturated carbocycles. The van der Waals surface area contributed by atoms with E-state index in [1.807, 2.05) is 0 Å². The van der Waals surface area contributed by atoms with Crippen molar-refractivity contribution in [2.24, 2.45) is 0 Å². The van der Waals surface area contributed by atoms with Gasteiger partial charge in [0.25, 0.3) is 5.91 Å². The Hall–Kier alpha value is -3.48. The molecule has 0 saturated heterocycles. The van der Waals surface area contributed by atoms with Gasteiger partial charge in [-0.3, -0.25) is 19.0 Å². The lowest BCUT2D eigenvalue weighted by Gasteiger charge is -2.06. The number of rotatable bonds is 3. The summed E-state index contributed by atoms with van der Waals surface area (Å²) >= 11 is 0. The summed E-state index contributed by atoms with van der Waals surface area (Å²) in [6.45, 7) is 2.77.